The molecule has 0 rings (SSSR count). The van der Waals surface area contributed by atoms with Crippen LogP contribution in [0.2, 0.25) is 0 Å². The van der Waals surface area contributed by atoms with E-state index in [0.717, 1.165) is 0 Å². The second-order valence-electron chi connectivity index (χ2n) is 2.48. The summed E-state index contributed by atoms with van der Waals surface area (Å²) in [7, 11) is 0. The highest BCUT2D eigenvalue weighted by atomic mass is 16.4. The van der Waals surface area contributed by atoms with Gasteiger partial charge in [-0.25, -0.2) is 0 Å². The zero-order valence-electron chi connectivity index (χ0n) is 6.41. The van der Waals surface area contributed by atoms with E-state index in [1.54, 1.807) is 0 Å². The van der Waals surface area contributed by atoms with Gasteiger partial charge in [-0.15, -0.1) is 0 Å². The van der Waals surface area contributed by atoms with Gasteiger partial charge >= 0.3 is 0 Å². The van der Waals surface area contributed by atoms with E-state index < -0.39 is 37.6 Å². The molecule has 12 heavy (non-hydrogen) atoms. The summed E-state index contributed by atoms with van der Waals surface area (Å²) in [6.45, 7) is -1.45. The highest BCUT2D eigenvalue weighted by Crippen LogP contribution is 2.03. The molecule has 0 bridgehead atoms. The van der Waals surface area contributed by atoms with Crippen LogP contribution >= 0.6 is 0 Å². The van der Waals surface area contributed by atoms with E-state index in [2.05, 4.69) is 0 Å². The fourth-order valence-electron chi connectivity index (χ4n) is 0.671. The average Bonchev–Trinajstić information content (AvgIpc) is 2.12. The molecule has 0 spiro atoms. The van der Waals surface area contributed by atoms with Crippen molar-refractivity contribution in [3.05, 3.63) is 0 Å². The molecule has 6 heteroatoms. The number of hydrogen-bond donors (Lipinski definition) is 6. The SMILES string of the molecule is OC[C@@H](O)[C@H](O)[C@H](O)[C@H](O)[13CH2]O. The van der Waals surface area contributed by atoms with Crippen LogP contribution < -0.4 is 0 Å². The zero-order chi connectivity index (χ0) is 9.72. The molecule has 0 aromatic carbocycles. The Morgan fingerprint density at radius 3 is 1.08 bits per heavy atom. The van der Waals surface area contributed by atoms with Crippen LogP contribution in [0, 0.1) is 0 Å². The number of aliphatic hydroxyl groups excluding tert-OH is 6. The minimum atomic E-state index is -1.67. The molecule has 0 saturated carbocycles. The molecule has 0 aromatic rings. The van der Waals surface area contributed by atoms with Crippen molar-refractivity contribution in [3.63, 3.8) is 0 Å². The Hall–Kier alpha value is -0.240. The lowest BCUT2D eigenvalue weighted by Gasteiger charge is -2.24. The van der Waals surface area contributed by atoms with Crippen LogP contribution in [0.15, 0.2) is 0 Å². The highest BCUT2D eigenvalue weighted by Gasteiger charge is 2.29. The molecule has 0 aromatic heterocycles. The minimum Gasteiger partial charge on any atom is -0.394 e. The number of hydrogen-bond acceptors (Lipinski definition) is 6. The van der Waals surface area contributed by atoms with Crippen molar-refractivity contribution in [1.82, 2.24) is 0 Å². The molecule has 6 N–H and O–H groups in total. The van der Waals surface area contributed by atoms with Gasteiger partial charge in [0, 0.05) is 0 Å². The molecule has 0 aliphatic carbocycles. The fraction of sp³-hybridized carbons (Fsp3) is 1.00. The van der Waals surface area contributed by atoms with E-state index >= 15 is 0 Å². The van der Waals surface area contributed by atoms with Gasteiger partial charge < -0.3 is 30.6 Å². The first-order valence-electron chi connectivity index (χ1n) is 3.48. The first-order valence-corrected chi connectivity index (χ1v) is 3.48. The first kappa shape index (κ1) is 11.8. The Morgan fingerprint density at radius 2 is 0.917 bits per heavy atom. The topological polar surface area (TPSA) is 121 Å². The molecule has 0 fully saturated rings. The molecule has 0 heterocycles. The number of aliphatic hydroxyl groups is 6. The summed E-state index contributed by atoms with van der Waals surface area (Å²) in [4.78, 5) is 0. The van der Waals surface area contributed by atoms with Crippen LogP contribution in [0.5, 0.6) is 0 Å². The van der Waals surface area contributed by atoms with Crippen LogP contribution in [-0.2, 0) is 0 Å². The Bertz CT molecular complexity index is 105. The van der Waals surface area contributed by atoms with Gasteiger partial charge in [-0.05, 0) is 0 Å². The van der Waals surface area contributed by atoms with Gasteiger partial charge in [-0.3, -0.25) is 0 Å². The van der Waals surface area contributed by atoms with Gasteiger partial charge in [0.25, 0.3) is 0 Å². The Labute approximate surface area is 69.3 Å². The van der Waals surface area contributed by atoms with Crippen molar-refractivity contribution < 1.29 is 30.6 Å². The molecule has 0 aliphatic heterocycles. The molecule has 4 atom stereocenters. The zero-order valence-corrected chi connectivity index (χ0v) is 6.41. The molecule has 0 aliphatic rings. The summed E-state index contributed by atoms with van der Waals surface area (Å²) in [5.74, 6) is 0. The third-order valence-electron chi connectivity index (χ3n) is 1.51. The van der Waals surface area contributed by atoms with E-state index in [0.29, 0.717) is 0 Å². The highest BCUT2D eigenvalue weighted by molar-refractivity contribution is 4.79. The summed E-state index contributed by atoms with van der Waals surface area (Å²) in [6, 6.07) is 0. The van der Waals surface area contributed by atoms with Crippen LogP contribution in [0.4, 0.5) is 0 Å². The van der Waals surface area contributed by atoms with E-state index in [4.69, 9.17) is 30.6 Å². The lowest BCUT2D eigenvalue weighted by Crippen LogP contribution is -2.46. The molecular weight excluding hydrogens is 169 g/mol. The molecule has 0 saturated heterocycles. The van der Waals surface area contributed by atoms with Gasteiger partial charge in [0.15, 0.2) is 0 Å². The van der Waals surface area contributed by atoms with Crippen LogP contribution in [0.1, 0.15) is 0 Å². The lowest BCUT2D eigenvalue weighted by molar-refractivity contribution is -0.123. The van der Waals surface area contributed by atoms with Gasteiger partial charge in [-0.1, -0.05) is 0 Å². The standard InChI is InChI=1S/C6H14O6/c7-1-3(9)5(11)6(12)4(10)2-8/h3-12H,1-2H2/t3-,4-,5-,6+/m1/s1/i1+1. The van der Waals surface area contributed by atoms with Crippen molar-refractivity contribution in [1.29, 1.82) is 0 Å². The maximum atomic E-state index is 8.96. The summed E-state index contributed by atoms with van der Waals surface area (Å²) in [5, 5.41) is 52.2. The first-order chi connectivity index (χ1) is 5.54. The third-order valence-corrected chi connectivity index (χ3v) is 1.51. The summed E-state index contributed by atoms with van der Waals surface area (Å²) < 4.78 is 0. The Balaban J connectivity index is 3.99. The molecule has 6 nitrogen and oxygen atoms in total. The maximum absolute atomic E-state index is 8.96. The quantitative estimate of drug-likeness (QED) is 0.245. The number of rotatable bonds is 5. The van der Waals surface area contributed by atoms with Gasteiger partial charge in [-0.2, -0.15) is 0 Å². The van der Waals surface area contributed by atoms with Crippen molar-refractivity contribution in [2.45, 2.75) is 24.4 Å². The summed E-state index contributed by atoms with van der Waals surface area (Å²) >= 11 is 0. The summed E-state index contributed by atoms with van der Waals surface area (Å²) in [5.41, 5.74) is 0. The van der Waals surface area contributed by atoms with Gasteiger partial charge in [0.1, 0.15) is 24.4 Å². The Morgan fingerprint density at radius 1 is 0.667 bits per heavy atom. The maximum Gasteiger partial charge on any atom is 0.111 e. The Kier molecular flexibility index (Phi) is 5.31. The van der Waals surface area contributed by atoms with Gasteiger partial charge in [0.05, 0.1) is 13.2 Å². The van der Waals surface area contributed by atoms with E-state index in [1.165, 1.54) is 0 Å². The summed E-state index contributed by atoms with van der Waals surface area (Å²) in [6.07, 6.45) is -6.39. The van der Waals surface area contributed by atoms with E-state index in [9.17, 15) is 0 Å². The van der Waals surface area contributed by atoms with Crippen LogP contribution in [-0.4, -0.2) is 68.3 Å². The predicted molar refractivity (Wildman–Crippen MR) is 38.2 cm³/mol. The molecule has 0 amide bonds. The molecule has 0 unspecified atom stereocenters. The monoisotopic (exact) mass is 183 g/mol. The predicted octanol–water partition coefficient (Wildman–Crippen LogP) is -3.59. The van der Waals surface area contributed by atoms with Gasteiger partial charge in [0.2, 0.25) is 0 Å². The van der Waals surface area contributed by atoms with Crippen molar-refractivity contribution >= 4 is 0 Å². The van der Waals surface area contributed by atoms with Crippen LogP contribution in [0.3, 0.4) is 0 Å². The molecule has 0 radical (unpaired) electrons. The normalized spacial score (nSPS) is 21.5. The van der Waals surface area contributed by atoms with Crippen molar-refractivity contribution in [2.24, 2.45) is 0 Å². The molecule has 74 valence electrons. The smallest absolute Gasteiger partial charge is 0.111 e. The molecular formula is C6H14O6. The van der Waals surface area contributed by atoms with Crippen molar-refractivity contribution in [3.8, 4) is 0 Å². The minimum absolute atomic E-state index is 0.726. The largest absolute Gasteiger partial charge is 0.394 e. The van der Waals surface area contributed by atoms with Crippen LogP contribution in [0.25, 0.3) is 0 Å². The van der Waals surface area contributed by atoms with E-state index in [1.807, 2.05) is 0 Å². The average molecular weight is 183 g/mol. The fourth-order valence-corrected chi connectivity index (χ4v) is 0.671. The van der Waals surface area contributed by atoms with E-state index in [-0.39, 0.29) is 0 Å². The lowest BCUT2D eigenvalue weighted by atomic mass is 10.1. The third kappa shape index (κ3) is 3.02. The second kappa shape index (κ2) is 5.41. The van der Waals surface area contributed by atoms with Crippen molar-refractivity contribution in [2.75, 3.05) is 13.2 Å². The second-order valence-corrected chi connectivity index (χ2v) is 2.48.